The summed E-state index contributed by atoms with van der Waals surface area (Å²) in [7, 11) is 0. The lowest BCUT2D eigenvalue weighted by Crippen LogP contribution is -2.14. The number of rotatable bonds is 3. The van der Waals surface area contributed by atoms with Crippen LogP contribution in [0.25, 0.3) is 0 Å². The number of nitrogens with zero attached hydrogens (tertiary/aromatic N) is 2. The minimum atomic E-state index is -1.28. The molecule has 0 bridgehead atoms. The summed E-state index contributed by atoms with van der Waals surface area (Å²) in [6, 6.07) is 3.72. The first kappa shape index (κ1) is 14.1. The van der Waals surface area contributed by atoms with E-state index in [4.69, 9.17) is 0 Å². The van der Waals surface area contributed by atoms with Gasteiger partial charge in [0.05, 0.1) is 16.4 Å². The lowest BCUT2D eigenvalue weighted by atomic mass is 10.1. The van der Waals surface area contributed by atoms with Crippen LogP contribution in [0.4, 0.5) is 8.78 Å². The van der Waals surface area contributed by atoms with Crippen LogP contribution in [0.3, 0.4) is 0 Å². The summed E-state index contributed by atoms with van der Waals surface area (Å²) in [5.41, 5.74) is 0.294. The Hall–Kier alpha value is -1.27. The molecule has 0 spiro atoms. The van der Waals surface area contributed by atoms with Crippen LogP contribution in [-0.2, 0) is 0 Å². The first-order valence-corrected chi connectivity index (χ1v) is 6.57. The highest BCUT2D eigenvalue weighted by Crippen LogP contribution is 2.32. The Kier molecular flexibility index (Phi) is 4.01. The highest BCUT2D eigenvalue weighted by Gasteiger charge is 2.24. The average Bonchev–Trinajstić information content (AvgIpc) is 2.74. The Morgan fingerprint density at radius 1 is 1.32 bits per heavy atom. The molecule has 2 aromatic rings. The van der Waals surface area contributed by atoms with Crippen molar-refractivity contribution in [2.45, 2.75) is 26.0 Å². The van der Waals surface area contributed by atoms with E-state index in [0.29, 0.717) is 10.2 Å². The molecular formula is C13H13BrF2N2O. The molecule has 6 heteroatoms. The minimum Gasteiger partial charge on any atom is -0.382 e. The van der Waals surface area contributed by atoms with Crippen LogP contribution in [0.15, 0.2) is 28.9 Å². The molecule has 19 heavy (non-hydrogen) atoms. The SMILES string of the molecule is CC(C)n1ncc(Br)c1C(O)c1cccc(F)c1F. The third-order valence-electron chi connectivity index (χ3n) is 2.81. The summed E-state index contributed by atoms with van der Waals surface area (Å²) in [4.78, 5) is 0. The fourth-order valence-electron chi connectivity index (χ4n) is 1.90. The number of benzene rings is 1. The normalized spacial score (nSPS) is 13.0. The van der Waals surface area contributed by atoms with Gasteiger partial charge in [-0.25, -0.2) is 8.78 Å². The zero-order valence-electron chi connectivity index (χ0n) is 10.4. The van der Waals surface area contributed by atoms with E-state index in [-0.39, 0.29) is 11.6 Å². The second kappa shape index (κ2) is 5.38. The molecule has 0 amide bonds. The monoisotopic (exact) mass is 330 g/mol. The highest BCUT2D eigenvalue weighted by atomic mass is 79.9. The summed E-state index contributed by atoms with van der Waals surface area (Å²) in [6.45, 7) is 3.77. The Morgan fingerprint density at radius 2 is 2.00 bits per heavy atom. The van der Waals surface area contributed by atoms with E-state index < -0.39 is 17.7 Å². The van der Waals surface area contributed by atoms with Crippen LogP contribution in [-0.4, -0.2) is 14.9 Å². The largest absolute Gasteiger partial charge is 0.382 e. The number of aliphatic hydroxyl groups is 1. The summed E-state index contributed by atoms with van der Waals surface area (Å²) >= 11 is 3.27. The van der Waals surface area contributed by atoms with Gasteiger partial charge >= 0.3 is 0 Å². The molecule has 1 aromatic heterocycles. The van der Waals surface area contributed by atoms with E-state index in [1.54, 1.807) is 4.68 Å². The van der Waals surface area contributed by atoms with Gasteiger partial charge in [0.1, 0.15) is 6.10 Å². The quantitative estimate of drug-likeness (QED) is 0.933. The second-order valence-electron chi connectivity index (χ2n) is 4.46. The minimum absolute atomic E-state index is 0.00688. The van der Waals surface area contributed by atoms with Gasteiger partial charge in [-0.05, 0) is 35.8 Å². The molecule has 1 N–H and O–H groups in total. The molecule has 0 saturated carbocycles. The van der Waals surface area contributed by atoms with E-state index in [2.05, 4.69) is 21.0 Å². The van der Waals surface area contributed by atoms with Crippen molar-refractivity contribution in [3.05, 3.63) is 51.8 Å². The standard InChI is InChI=1S/C13H13BrF2N2O/c1-7(2)18-12(9(14)6-17-18)13(19)8-4-3-5-10(15)11(8)16/h3-7,13,19H,1-2H3. The summed E-state index contributed by atoms with van der Waals surface area (Å²) in [5.74, 6) is -2.03. The third-order valence-corrected chi connectivity index (χ3v) is 3.42. The van der Waals surface area contributed by atoms with Crippen LogP contribution in [0.5, 0.6) is 0 Å². The highest BCUT2D eigenvalue weighted by molar-refractivity contribution is 9.10. The van der Waals surface area contributed by atoms with Crippen molar-refractivity contribution in [1.29, 1.82) is 0 Å². The first-order chi connectivity index (χ1) is 8.93. The maximum Gasteiger partial charge on any atom is 0.165 e. The number of aliphatic hydroxyl groups excluding tert-OH is 1. The van der Waals surface area contributed by atoms with Crippen molar-refractivity contribution in [3.63, 3.8) is 0 Å². The molecule has 2 rings (SSSR count). The van der Waals surface area contributed by atoms with Crippen molar-refractivity contribution in [2.75, 3.05) is 0 Å². The maximum absolute atomic E-state index is 13.7. The molecule has 0 aliphatic carbocycles. The fraction of sp³-hybridized carbons (Fsp3) is 0.308. The molecule has 1 atom stereocenters. The number of halogens is 3. The van der Waals surface area contributed by atoms with Crippen molar-refractivity contribution >= 4 is 15.9 Å². The summed E-state index contributed by atoms with van der Waals surface area (Å²) in [5, 5.41) is 14.4. The number of hydrogen-bond donors (Lipinski definition) is 1. The van der Waals surface area contributed by atoms with Gasteiger partial charge in [-0.3, -0.25) is 4.68 Å². The molecule has 0 radical (unpaired) electrons. The van der Waals surface area contributed by atoms with E-state index in [9.17, 15) is 13.9 Å². The van der Waals surface area contributed by atoms with Crippen molar-refractivity contribution in [1.82, 2.24) is 9.78 Å². The molecule has 102 valence electrons. The van der Waals surface area contributed by atoms with Crippen molar-refractivity contribution in [2.24, 2.45) is 0 Å². The van der Waals surface area contributed by atoms with Crippen molar-refractivity contribution < 1.29 is 13.9 Å². The van der Waals surface area contributed by atoms with Gasteiger partial charge in [0, 0.05) is 11.6 Å². The van der Waals surface area contributed by atoms with Crippen LogP contribution < -0.4 is 0 Å². The van der Waals surface area contributed by atoms with Gasteiger partial charge in [0.15, 0.2) is 11.6 Å². The lowest BCUT2D eigenvalue weighted by molar-refractivity contribution is 0.198. The third kappa shape index (κ3) is 2.55. The van der Waals surface area contributed by atoms with Crippen LogP contribution in [0.1, 0.15) is 37.3 Å². The van der Waals surface area contributed by atoms with E-state index in [1.807, 2.05) is 13.8 Å². The lowest BCUT2D eigenvalue weighted by Gasteiger charge is -2.17. The Balaban J connectivity index is 2.53. The molecule has 1 heterocycles. The van der Waals surface area contributed by atoms with Crippen LogP contribution in [0, 0.1) is 11.6 Å². The zero-order valence-corrected chi connectivity index (χ0v) is 12.0. The molecule has 0 aliphatic heterocycles. The predicted octanol–water partition coefficient (Wildman–Crippen LogP) is 3.59. The molecular weight excluding hydrogens is 318 g/mol. The van der Waals surface area contributed by atoms with Gasteiger partial charge < -0.3 is 5.11 Å². The predicted molar refractivity (Wildman–Crippen MR) is 70.7 cm³/mol. The average molecular weight is 331 g/mol. The second-order valence-corrected chi connectivity index (χ2v) is 5.32. The van der Waals surface area contributed by atoms with Gasteiger partial charge in [-0.2, -0.15) is 5.10 Å². The van der Waals surface area contributed by atoms with E-state index >= 15 is 0 Å². The van der Waals surface area contributed by atoms with Crippen LogP contribution >= 0.6 is 15.9 Å². The number of aromatic nitrogens is 2. The van der Waals surface area contributed by atoms with Crippen molar-refractivity contribution in [3.8, 4) is 0 Å². The smallest absolute Gasteiger partial charge is 0.165 e. The van der Waals surface area contributed by atoms with Gasteiger partial charge in [-0.15, -0.1) is 0 Å². The van der Waals surface area contributed by atoms with Gasteiger partial charge in [-0.1, -0.05) is 12.1 Å². The van der Waals surface area contributed by atoms with Gasteiger partial charge in [0.25, 0.3) is 0 Å². The zero-order chi connectivity index (χ0) is 14.2. The van der Waals surface area contributed by atoms with Crippen LogP contribution in [0.2, 0.25) is 0 Å². The Labute approximate surface area is 118 Å². The topological polar surface area (TPSA) is 38.0 Å². The number of hydrogen-bond acceptors (Lipinski definition) is 2. The molecule has 3 nitrogen and oxygen atoms in total. The summed E-state index contributed by atoms with van der Waals surface area (Å²) < 4.78 is 29.1. The molecule has 0 aliphatic rings. The summed E-state index contributed by atoms with van der Waals surface area (Å²) in [6.07, 6.45) is 0.241. The Morgan fingerprint density at radius 3 is 2.63 bits per heavy atom. The fourth-order valence-corrected chi connectivity index (χ4v) is 2.39. The van der Waals surface area contributed by atoms with Gasteiger partial charge in [0.2, 0.25) is 0 Å². The van der Waals surface area contributed by atoms with E-state index in [1.165, 1.54) is 18.3 Å². The molecule has 1 aromatic carbocycles. The first-order valence-electron chi connectivity index (χ1n) is 5.78. The maximum atomic E-state index is 13.7. The van der Waals surface area contributed by atoms with E-state index in [0.717, 1.165) is 6.07 Å². The molecule has 0 saturated heterocycles. The Bertz CT molecular complexity index is 598. The molecule has 1 unspecified atom stereocenters. The molecule has 0 fully saturated rings.